The number of hydrogen-bond donors (Lipinski definition) is 1. The summed E-state index contributed by atoms with van der Waals surface area (Å²) in [7, 11) is 0. The SMILES string of the molecule is Cc1cc(-c2cnc(CNC(C)(C)C)o2)sc1Br. The molecular formula is C13H17BrN2OS. The molecule has 0 amide bonds. The zero-order valence-electron chi connectivity index (χ0n) is 11.0. The standard InChI is InChI=1S/C13H17BrN2OS/c1-8-5-10(18-12(8)14)9-6-15-11(17-9)7-16-13(2,3)4/h5-6,16H,7H2,1-4H3. The van der Waals surface area contributed by atoms with Crippen LogP contribution in [0.3, 0.4) is 0 Å². The summed E-state index contributed by atoms with van der Waals surface area (Å²) < 4.78 is 6.89. The lowest BCUT2D eigenvalue weighted by molar-refractivity contribution is 0.384. The summed E-state index contributed by atoms with van der Waals surface area (Å²) in [6.45, 7) is 9.08. The maximum Gasteiger partial charge on any atom is 0.208 e. The number of nitrogens with one attached hydrogen (secondary N) is 1. The van der Waals surface area contributed by atoms with Gasteiger partial charge in [0.05, 0.1) is 21.4 Å². The van der Waals surface area contributed by atoms with Crippen molar-refractivity contribution in [2.24, 2.45) is 0 Å². The highest BCUT2D eigenvalue weighted by atomic mass is 79.9. The zero-order chi connectivity index (χ0) is 13.3. The summed E-state index contributed by atoms with van der Waals surface area (Å²) in [4.78, 5) is 5.40. The summed E-state index contributed by atoms with van der Waals surface area (Å²) in [6, 6.07) is 2.11. The van der Waals surface area contributed by atoms with Gasteiger partial charge in [-0.25, -0.2) is 4.98 Å². The molecule has 3 nitrogen and oxygen atoms in total. The molecule has 0 unspecified atom stereocenters. The van der Waals surface area contributed by atoms with E-state index >= 15 is 0 Å². The normalized spacial score (nSPS) is 12.1. The van der Waals surface area contributed by atoms with E-state index in [1.807, 2.05) is 0 Å². The first-order chi connectivity index (χ1) is 8.35. The highest BCUT2D eigenvalue weighted by Crippen LogP contribution is 2.34. The maximum absolute atomic E-state index is 5.75. The Balaban J connectivity index is 2.11. The van der Waals surface area contributed by atoms with Gasteiger partial charge in [-0.15, -0.1) is 11.3 Å². The zero-order valence-corrected chi connectivity index (χ0v) is 13.4. The summed E-state index contributed by atoms with van der Waals surface area (Å²) >= 11 is 5.19. The molecule has 0 aliphatic carbocycles. The number of aryl methyl sites for hydroxylation is 1. The Morgan fingerprint density at radius 3 is 2.72 bits per heavy atom. The van der Waals surface area contributed by atoms with Crippen molar-refractivity contribution >= 4 is 27.3 Å². The summed E-state index contributed by atoms with van der Waals surface area (Å²) in [5, 5.41) is 3.36. The van der Waals surface area contributed by atoms with Crippen molar-refractivity contribution in [1.82, 2.24) is 10.3 Å². The van der Waals surface area contributed by atoms with E-state index in [4.69, 9.17) is 4.42 Å². The summed E-state index contributed by atoms with van der Waals surface area (Å²) in [5.41, 5.74) is 1.29. The van der Waals surface area contributed by atoms with E-state index < -0.39 is 0 Å². The third kappa shape index (κ3) is 3.43. The van der Waals surface area contributed by atoms with Crippen LogP contribution in [-0.4, -0.2) is 10.5 Å². The second-order valence-corrected chi connectivity index (χ2v) is 7.66. The van der Waals surface area contributed by atoms with Crippen LogP contribution in [0.25, 0.3) is 10.6 Å². The van der Waals surface area contributed by atoms with Crippen molar-refractivity contribution in [3.63, 3.8) is 0 Å². The second kappa shape index (κ2) is 5.15. The lowest BCUT2D eigenvalue weighted by Crippen LogP contribution is -2.35. The van der Waals surface area contributed by atoms with Crippen LogP contribution in [0.5, 0.6) is 0 Å². The number of halogens is 1. The van der Waals surface area contributed by atoms with Gasteiger partial charge in [0, 0.05) is 5.54 Å². The van der Waals surface area contributed by atoms with Crippen LogP contribution >= 0.6 is 27.3 Å². The Hall–Kier alpha value is -0.650. The topological polar surface area (TPSA) is 38.1 Å². The molecule has 2 heterocycles. The van der Waals surface area contributed by atoms with Crippen LogP contribution in [0.1, 0.15) is 32.2 Å². The predicted octanol–water partition coefficient (Wildman–Crippen LogP) is 4.36. The fourth-order valence-electron chi connectivity index (χ4n) is 1.43. The van der Waals surface area contributed by atoms with E-state index in [9.17, 15) is 0 Å². The van der Waals surface area contributed by atoms with Crippen LogP contribution in [-0.2, 0) is 6.54 Å². The molecule has 98 valence electrons. The first kappa shape index (κ1) is 13.8. The van der Waals surface area contributed by atoms with E-state index in [1.54, 1.807) is 17.5 Å². The van der Waals surface area contributed by atoms with Crippen molar-refractivity contribution in [3.05, 3.63) is 27.5 Å². The molecule has 0 aromatic carbocycles. The van der Waals surface area contributed by atoms with Crippen molar-refractivity contribution in [1.29, 1.82) is 0 Å². The molecule has 0 atom stereocenters. The quantitative estimate of drug-likeness (QED) is 0.909. The number of oxazole rings is 1. The highest BCUT2D eigenvalue weighted by Gasteiger charge is 2.13. The molecular weight excluding hydrogens is 312 g/mol. The van der Waals surface area contributed by atoms with Crippen molar-refractivity contribution < 1.29 is 4.42 Å². The maximum atomic E-state index is 5.75. The third-order valence-electron chi connectivity index (χ3n) is 2.42. The molecule has 0 saturated heterocycles. The molecule has 5 heteroatoms. The Morgan fingerprint density at radius 2 is 2.17 bits per heavy atom. The molecule has 2 aromatic rings. The Labute approximate surface area is 120 Å². The fraction of sp³-hybridized carbons (Fsp3) is 0.462. The van der Waals surface area contributed by atoms with Crippen LogP contribution in [0.4, 0.5) is 0 Å². The Kier molecular flexibility index (Phi) is 3.94. The number of hydrogen-bond acceptors (Lipinski definition) is 4. The third-order valence-corrected chi connectivity index (χ3v) is 4.57. The van der Waals surface area contributed by atoms with E-state index in [0.717, 1.165) is 20.3 Å². The van der Waals surface area contributed by atoms with Crippen molar-refractivity contribution in [2.75, 3.05) is 0 Å². The fourth-order valence-corrected chi connectivity index (χ4v) is 2.91. The molecule has 2 aromatic heterocycles. The minimum absolute atomic E-state index is 0.0666. The molecule has 0 saturated carbocycles. The minimum atomic E-state index is 0.0666. The molecule has 2 rings (SSSR count). The van der Waals surface area contributed by atoms with E-state index in [0.29, 0.717) is 6.54 Å². The number of aromatic nitrogens is 1. The molecule has 0 aliphatic rings. The first-order valence-electron chi connectivity index (χ1n) is 5.81. The minimum Gasteiger partial charge on any atom is -0.438 e. The first-order valence-corrected chi connectivity index (χ1v) is 7.42. The molecule has 18 heavy (non-hydrogen) atoms. The number of rotatable bonds is 3. The van der Waals surface area contributed by atoms with Crippen LogP contribution in [0, 0.1) is 6.92 Å². The van der Waals surface area contributed by atoms with E-state index in [-0.39, 0.29) is 5.54 Å². The number of nitrogens with zero attached hydrogens (tertiary/aromatic N) is 1. The molecule has 0 aliphatic heterocycles. The average Bonchev–Trinajstić information content (AvgIpc) is 2.83. The van der Waals surface area contributed by atoms with Crippen LogP contribution in [0.15, 0.2) is 20.5 Å². The number of thiophene rings is 1. The molecule has 1 N–H and O–H groups in total. The predicted molar refractivity (Wildman–Crippen MR) is 78.8 cm³/mol. The van der Waals surface area contributed by atoms with Crippen molar-refractivity contribution in [2.45, 2.75) is 39.8 Å². The van der Waals surface area contributed by atoms with Gasteiger partial charge in [0.2, 0.25) is 5.89 Å². The van der Waals surface area contributed by atoms with E-state index in [2.05, 4.69) is 60.0 Å². The lowest BCUT2D eigenvalue weighted by atomic mass is 10.1. The molecule has 0 radical (unpaired) electrons. The highest BCUT2D eigenvalue weighted by molar-refractivity contribution is 9.11. The molecule has 0 fully saturated rings. The van der Waals surface area contributed by atoms with Gasteiger partial charge in [-0.2, -0.15) is 0 Å². The Bertz CT molecular complexity index is 520. The second-order valence-electron chi connectivity index (χ2n) is 5.29. The van der Waals surface area contributed by atoms with Gasteiger partial charge in [0.1, 0.15) is 0 Å². The van der Waals surface area contributed by atoms with Gasteiger partial charge in [-0.3, -0.25) is 0 Å². The van der Waals surface area contributed by atoms with Crippen LogP contribution in [0.2, 0.25) is 0 Å². The van der Waals surface area contributed by atoms with Gasteiger partial charge in [-0.05, 0) is 55.3 Å². The smallest absolute Gasteiger partial charge is 0.208 e. The summed E-state index contributed by atoms with van der Waals surface area (Å²) in [6.07, 6.45) is 1.79. The lowest BCUT2D eigenvalue weighted by Gasteiger charge is -2.18. The van der Waals surface area contributed by atoms with Gasteiger partial charge in [-0.1, -0.05) is 0 Å². The largest absolute Gasteiger partial charge is 0.438 e. The van der Waals surface area contributed by atoms with Crippen LogP contribution < -0.4 is 5.32 Å². The monoisotopic (exact) mass is 328 g/mol. The Morgan fingerprint density at radius 1 is 1.44 bits per heavy atom. The molecule has 0 spiro atoms. The summed E-state index contributed by atoms with van der Waals surface area (Å²) in [5.74, 6) is 1.56. The van der Waals surface area contributed by atoms with Gasteiger partial charge in [0.25, 0.3) is 0 Å². The van der Waals surface area contributed by atoms with Gasteiger partial charge in [0.15, 0.2) is 5.76 Å². The van der Waals surface area contributed by atoms with E-state index in [1.165, 1.54) is 5.56 Å². The molecule has 0 bridgehead atoms. The average molecular weight is 329 g/mol. The van der Waals surface area contributed by atoms with Gasteiger partial charge < -0.3 is 9.73 Å². The van der Waals surface area contributed by atoms with Gasteiger partial charge >= 0.3 is 0 Å². The van der Waals surface area contributed by atoms with Crippen molar-refractivity contribution in [3.8, 4) is 10.6 Å².